The summed E-state index contributed by atoms with van der Waals surface area (Å²) < 4.78 is 29.0. The molecule has 0 saturated carbocycles. The van der Waals surface area contributed by atoms with E-state index in [9.17, 15) is 8.42 Å². The highest BCUT2D eigenvalue weighted by molar-refractivity contribution is 9.11. The highest BCUT2D eigenvalue weighted by atomic mass is 79.9. The minimum absolute atomic E-state index is 0.0262. The van der Waals surface area contributed by atoms with Crippen molar-refractivity contribution >= 4 is 53.3 Å². The summed E-state index contributed by atoms with van der Waals surface area (Å²) in [7, 11) is -3.77. The number of anilines is 2. The van der Waals surface area contributed by atoms with Gasteiger partial charge in [-0.25, -0.2) is 4.98 Å². The molecule has 2 aromatic rings. The largest absolute Gasteiger partial charge is 0.383 e. The lowest BCUT2D eigenvalue weighted by atomic mass is 10.3. The Morgan fingerprint density at radius 2 is 1.95 bits per heavy atom. The predicted molar refractivity (Wildman–Crippen MR) is 91.1 cm³/mol. The van der Waals surface area contributed by atoms with Gasteiger partial charge < -0.3 is 5.32 Å². The van der Waals surface area contributed by atoms with E-state index < -0.39 is 10.0 Å². The van der Waals surface area contributed by atoms with Gasteiger partial charge in [0, 0.05) is 21.7 Å². The zero-order chi connectivity index (χ0) is 15.5. The van der Waals surface area contributed by atoms with Gasteiger partial charge in [0.05, 0.1) is 11.4 Å². The van der Waals surface area contributed by atoms with Crippen LogP contribution in [0.5, 0.6) is 0 Å². The summed E-state index contributed by atoms with van der Waals surface area (Å²) in [4.78, 5) is 3.97. The maximum absolute atomic E-state index is 12.5. The van der Waals surface area contributed by atoms with Crippen molar-refractivity contribution in [2.24, 2.45) is 0 Å². The summed E-state index contributed by atoms with van der Waals surface area (Å²) >= 11 is 6.65. The molecule has 5 nitrogen and oxygen atoms in total. The molecule has 0 bridgehead atoms. The molecule has 112 valence electrons. The van der Waals surface area contributed by atoms with Crippen LogP contribution in [-0.4, -0.2) is 19.9 Å². The second-order valence-electron chi connectivity index (χ2n) is 4.12. The van der Waals surface area contributed by atoms with Gasteiger partial charge in [0.15, 0.2) is 5.03 Å². The Morgan fingerprint density at radius 3 is 2.62 bits per heavy atom. The maximum Gasteiger partial charge on any atom is 0.281 e. The van der Waals surface area contributed by atoms with Gasteiger partial charge in [-0.05, 0) is 53.2 Å². The fourth-order valence-corrected chi connectivity index (χ4v) is 4.17. The third-order valence-corrected chi connectivity index (χ3v) is 5.04. The van der Waals surface area contributed by atoms with Gasteiger partial charge in [-0.1, -0.05) is 15.9 Å². The number of sulfonamides is 1. The van der Waals surface area contributed by atoms with E-state index in [0.29, 0.717) is 22.4 Å². The highest BCUT2D eigenvalue weighted by Gasteiger charge is 2.21. The van der Waals surface area contributed by atoms with Crippen LogP contribution in [0.4, 0.5) is 11.4 Å². The molecule has 2 rings (SSSR count). The van der Waals surface area contributed by atoms with Crippen molar-refractivity contribution < 1.29 is 8.42 Å². The van der Waals surface area contributed by atoms with Gasteiger partial charge in [0.25, 0.3) is 10.0 Å². The molecule has 0 spiro atoms. The number of rotatable bonds is 5. The summed E-state index contributed by atoms with van der Waals surface area (Å²) in [6, 6.07) is 8.56. The predicted octanol–water partition coefficient (Wildman–Crippen LogP) is 3.84. The molecule has 0 aliphatic heterocycles. The summed E-state index contributed by atoms with van der Waals surface area (Å²) in [6.45, 7) is 2.50. The molecule has 0 fully saturated rings. The van der Waals surface area contributed by atoms with Crippen LogP contribution in [0.1, 0.15) is 6.92 Å². The Balaban J connectivity index is 2.39. The number of nitrogens with one attached hydrogen (secondary N) is 2. The second-order valence-corrected chi connectivity index (χ2v) is 7.48. The van der Waals surface area contributed by atoms with Crippen LogP contribution in [0.3, 0.4) is 0 Å². The summed E-state index contributed by atoms with van der Waals surface area (Å²) in [5.41, 5.74) is 0.923. The molecule has 0 amide bonds. The summed E-state index contributed by atoms with van der Waals surface area (Å²) in [5.74, 6) is 0. The van der Waals surface area contributed by atoms with Gasteiger partial charge in [-0.3, -0.25) is 4.72 Å². The normalized spacial score (nSPS) is 11.2. The number of halogens is 2. The number of nitrogens with zero attached hydrogens (tertiary/aromatic N) is 1. The van der Waals surface area contributed by atoms with E-state index in [-0.39, 0.29) is 5.03 Å². The Labute approximate surface area is 140 Å². The third-order valence-electron chi connectivity index (χ3n) is 2.57. The van der Waals surface area contributed by atoms with Crippen LogP contribution >= 0.6 is 31.9 Å². The van der Waals surface area contributed by atoms with Crippen molar-refractivity contribution in [2.45, 2.75) is 11.9 Å². The van der Waals surface area contributed by atoms with Crippen LogP contribution in [0.2, 0.25) is 0 Å². The molecule has 1 heterocycles. The average Bonchev–Trinajstić information content (AvgIpc) is 2.43. The lowest BCUT2D eigenvalue weighted by Crippen LogP contribution is -2.17. The SMILES string of the molecule is CCNc1cccnc1S(=O)(=O)Nc1ccc(Br)cc1Br. The molecule has 2 N–H and O–H groups in total. The third kappa shape index (κ3) is 3.96. The van der Waals surface area contributed by atoms with Gasteiger partial charge in [-0.15, -0.1) is 0 Å². The molecule has 0 aliphatic rings. The molecule has 1 aromatic carbocycles. The minimum Gasteiger partial charge on any atom is -0.383 e. The summed E-state index contributed by atoms with van der Waals surface area (Å²) in [6.07, 6.45) is 1.45. The molecule has 0 unspecified atom stereocenters. The topological polar surface area (TPSA) is 71.1 Å². The van der Waals surface area contributed by atoms with Crippen LogP contribution in [0.15, 0.2) is 50.5 Å². The standard InChI is InChI=1S/C13H13Br2N3O2S/c1-2-16-12-4-3-7-17-13(12)21(19,20)18-11-6-5-9(14)8-10(11)15/h3-8,16,18H,2H2,1H3. The molecular formula is C13H13Br2N3O2S. The minimum atomic E-state index is -3.77. The Kier molecular flexibility index (Phi) is 5.23. The summed E-state index contributed by atoms with van der Waals surface area (Å²) in [5, 5.41) is 2.96. The van der Waals surface area contributed by atoms with E-state index in [1.165, 1.54) is 6.20 Å². The molecule has 0 aliphatic carbocycles. The van der Waals surface area contributed by atoms with E-state index in [2.05, 4.69) is 46.9 Å². The quantitative estimate of drug-likeness (QED) is 0.749. The molecule has 0 radical (unpaired) electrons. The zero-order valence-corrected chi connectivity index (χ0v) is 15.1. The fraction of sp³-hybridized carbons (Fsp3) is 0.154. The van der Waals surface area contributed by atoms with Crippen molar-refractivity contribution in [3.05, 3.63) is 45.5 Å². The van der Waals surface area contributed by atoms with Crippen molar-refractivity contribution in [3.8, 4) is 0 Å². The first kappa shape index (κ1) is 16.3. The second kappa shape index (κ2) is 6.76. The van der Waals surface area contributed by atoms with Gasteiger partial charge in [-0.2, -0.15) is 8.42 Å². The van der Waals surface area contributed by atoms with E-state index in [0.717, 1.165) is 4.47 Å². The van der Waals surface area contributed by atoms with Gasteiger partial charge in [0.1, 0.15) is 0 Å². The first-order valence-corrected chi connectivity index (χ1v) is 9.17. The van der Waals surface area contributed by atoms with Crippen molar-refractivity contribution in [1.29, 1.82) is 0 Å². The van der Waals surface area contributed by atoms with Crippen molar-refractivity contribution in [1.82, 2.24) is 4.98 Å². The van der Waals surface area contributed by atoms with Crippen LogP contribution in [0.25, 0.3) is 0 Å². The molecule has 0 atom stereocenters. The van der Waals surface area contributed by atoms with E-state index in [1.807, 2.05) is 6.92 Å². The molecule has 1 aromatic heterocycles. The molecule has 0 saturated heterocycles. The Hall–Kier alpha value is -1.12. The van der Waals surface area contributed by atoms with Crippen LogP contribution in [0, 0.1) is 0 Å². The molecular weight excluding hydrogens is 422 g/mol. The van der Waals surface area contributed by atoms with Crippen molar-refractivity contribution in [3.63, 3.8) is 0 Å². The Morgan fingerprint density at radius 1 is 1.19 bits per heavy atom. The lowest BCUT2D eigenvalue weighted by molar-refractivity contribution is 0.598. The van der Waals surface area contributed by atoms with Gasteiger partial charge in [0.2, 0.25) is 0 Å². The van der Waals surface area contributed by atoms with E-state index in [4.69, 9.17) is 0 Å². The van der Waals surface area contributed by atoms with Crippen LogP contribution < -0.4 is 10.0 Å². The number of pyridine rings is 1. The van der Waals surface area contributed by atoms with E-state index >= 15 is 0 Å². The number of benzene rings is 1. The average molecular weight is 435 g/mol. The molecule has 8 heteroatoms. The van der Waals surface area contributed by atoms with Gasteiger partial charge >= 0.3 is 0 Å². The molecule has 21 heavy (non-hydrogen) atoms. The van der Waals surface area contributed by atoms with Crippen LogP contribution in [-0.2, 0) is 10.0 Å². The highest BCUT2D eigenvalue weighted by Crippen LogP contribution is 2.29. The first-order chi connectivity index (χ1) is 9.94. The number of aromatic nitrogens is 1. The Bertz CT molecular complexity index is 751. The first-order valence-electron chi connectivity index (χ1n) is 6.11. The lowest BCUT2D eigenvalue weighted by Gasteiger charge is -2.13. The maximum atomic E-state index is 12.5. The zero-order valence-electron chi connectivity index (χ0n) is 11.1. The monoisotopic (exact) mass is 433 g/mol. The number of hydrogen-bond donors (Lipinski definition) is 2. The fourth-order valence-electron chi connectivity index (χ4n) is 1.70. The van der Waals surface area contributed by atoms with E-state index in [1.54, 1.807) is 30.3 Å². The van der Waals surface area contributed by atoms with Crippen molar-refractivity contribution in [2.75, 3.05) is 16.6 Å². The number of hydrogen-bond acceptors (Lipinski definition) is 4. The smallest absolute Gasteiger partial charge is 0.281 e.